The van der Waals surface area contributed by atoms with Crippen molar-refractivity contribution in [3.05, 3.63) is 65.2 Å². The van der Waals surface area contributed by atoms with Crippen molar-refractivity contribution in [1.82, 2.24) is 0 Å². The summed E-state index contributed by atoms with van der Waals surface area (Å²) in [6.07, 6.45) is 4.27. The Morgan fingerprint density at radius 2 is 1.50 bits per heavy atom. The Hall–Kier alpha value is -2.37. The van der Waals surface area contributed by atoms with E-state index in [2.05, 4.69) is 0 Å². The van der Waals surface area contributed by atoms with Gasteiger partial charge in [-0.05, 0) is 43.9 Å². The van der Waals surface area contributed by atoms with Crippen molar-refractivity contribution in [2.75, 3.05) is 13.3 Å². The number of alkyl halides is 1. The molecule has 0 fully saturated rings. The molecule has 0 amide bonds. The summed E-state index contributed by atoms with van der Waals surface area (Å²) in [5.74, 6) is -5.14. The Bertz CT molecular complexity index is 786. The van der Waals surface area contributed by atoms with Crippen molar-refractivity contribution in [1.29, 1.82) is 0 Å². The Balaban J connectivity index is 2.28. The van der Waals surface area contributed by atoms with Crippen molar-refractivity contribution in [2.24, 2.45) is 0 Å². The van der Waals surface area contributed by atoms with Crippen LogP contribution in [0.3, 0.4) is 0 Å². The first kappa shape index (κ1) is 19.9. The average molecular weight is 370 g/mol. The summed E-state index contributed by atoms with van der Waals surface area (Å²) >= 11 is 0. The van der Waals surface area contributed by atoms with Crippen LogP contribution in [-0.4, -0.2) is 13.3 Å². The molecule has 0 unspecified atom stereocenters. The molecule has 0 saturated carbocycles. The van der Waals surface area contributed by atoms with E-state index in [1.165, 1.54) is 24.3 Å². The molecule has 6 heteroatoms. The van der Waals surface area contributed by atoms with Gasteiger partial charge in [0.1, 0.15) is 6.67 Å². The zero-order valence-corrected chi connectivity index (χ0v) is 14.3. The fraction of sp³-hybridized carbons (Fsp3) is 0.300. The minimum Gasteiger partial charge on any atom is -0.491 e. The lowest BCUT2D eigenvalue weighted by molar-refractivity contribution is 0.314. The Morgan fingerprint density at radius 3 is 2.15 bits per heavy atom. The predicted molar refractivity (Wildman–Crippen MR) is 90.9 cm³/mol. The van der Waals surface area contributed by atoms with Crippen molar-refractivity contribution in [3.63, 3.8) is 0 Å². The van der Waals surface area contributed by atoms with Gasteiger partial charge in [0.15, 0.2) is 23.2 Å². The lowest BCUT2D eigenvalue weighted by Gasteiger charge is -2.12. The van der Waals surface area contributed by atoms with Crippen LogP contribution in [0.5, 0.6) is 5.75 Å². The van der Waals surface area contributed by atoms with Crippen LogP contribution in [-0.2, 0) is 6.42 Å². The summed E-state index contributed by atoms with van der Waals surface area (Å²) in [5.41, 5.74) is -0.602. The van der Waals surface area contributed by atoms with Crippen molar-refractivity contribution < 1.29 is 26.7 Å². The highest BCUT2D eigenvalue weighted by Gasteiger charge is 2.21. The highest BCUT2D eigenvalue weighted by molar-refractivity contribution is 5.66. The quantitative estimate of drug-likeness (QED) is 0.307. The van der Waals surface area contributed by atoms with E-state index >= 15 is 0 Å². The van der Waals surface area contributed by atoms with Gasteiger partial charge in [0.25, 0.3) is 0 Å². The second-order valence-corrected chi connectivity index (χ2v) is 5.59. The van der Waals surface area contributed by atoms with Crippen molar-refractivity contribution in [2.45, 2.75) is 26.2 Å². The fourth-order valence-electron chi connectivity index (χ4n) is 2.59. The van der Waals surface area contributed by atoms with Gasteiger partial charge in [0, 0.05) is 11.1 Å². The van der Waals surface area contributed by atoms with Crippen molar-refractivity contribution >= 4 is 0 Å². The molecule has 26 heavy (non-hydrogen) atoms. The largest absolute Gasteiger partial charge is 0.491 e. The highest BCUT2D eigenvalue weighted by Crippen LogP contribution is 2.33. The molecule has 140 valence electrons. The zero-order valence-electron chi connectivity index (χ0n) is 14.3. The Kier molecular flexibility index (Phi) is 7.18. The van der Waals surface area contributed by atoms with Crippen LogP contribution in [0.25, 0.3) is 11.1 Å². The number of hydrogen-bond acceptors (Lipinski definition) is 1. The number of benzene rings is 2. The second-order valence-electron chi connectivity index (χ2n) is 5.59. The Morgan fingerprint density at radius 1 is 0.846 bits per heavy atom. The van der Waals surface area contributed by atoms with E-state index in [0.717, 1.165) is 6.07 Å². The molecule has 2 aromatic carbocycles. The molecule has 0 atom stereocenters. The number of ether oxygens (including phenoxy) is 1. The van der Waals surface area contributed by atoms with E-state index < -0.39 is 29.9 Å². The molecule has 0 aliphatic heterocycles. The van der Waals surface area contributed by atoms with E-state index in [4.69, 9.17) is 4.74 Å². The maximum atomic E-state index is 14.4. The first-order valence-electron chi connectivity index (χ1n) is 8.30. The van der Waals surface area contributed by atoms with Crippen LogP contribution in [0.1, 0.15) is 25.3 Å². The molecule has 2 rings (SSSR count). The molecule has 0 aromatic heterocycles. The molecule has 0 radical (unpaired) electrons. The van der Waals surface area contributed by atoms with Gasteiger partial charge in [0.05, 0.1) is 6.61 Å². The minimum atomic E-state index is -1.29. The van der Waals surface area contributed by atoms with E-state index in [9.17, 15) is 22.0 Å². The topological polar surface area (TPSA) is 9.23 Å². The first-order chi connectivity index (χ1) is 12.5. The molecule has 0 saturated heterocycles. The van der Waals surface area contributed by atoms with Crippen LogP contribution >= 0.6 is 0 Å². The SMILES string of the molecule is CCOc1ccc(-c2ccc(CCC/C=C/CF)c(F)c2F)c(F)c1F. The van der Waals surface area contributed by atoms with E-state index in [-0.39, 0.29) is 35.5 Å². The van der Waals surface area contributed by atoms with Crippen LogP contribution in [0.15, 0.2) is 36.4 Å². The minimum absolute atomic E-state index is 0.131. The first-order valence-corrected chi connectivity index (χ1v) is 8.30. The molecule has 0 spiro atoms. The normalized spacial score (nSPS) is 11.3. The van der Waals surface area contributed by atoms with Gasteiger partial charge < -0.3 is 4.74 Å². The fourth-order valence-corrected chi connectivity index (χ4v) is 2.59. The van der Waals surface area contributed by atoms with E-state index in [1.54, 1.807) is 13.0 Å². The van der Waals surface area contributed by atoms with Crippen LogP contribution in [0, 0.1) is 23.3 Å². The summed E-state index contributed by atoms with van der Waals surface area (Å²) in [6.45, 7) is 1.20. The molecule has 0 aliphatic rings. The summed E-state index contributed by atoms with van der Waals surface area (Å²) in [7, 11) is 0. The van der Waals surface area contributed by atoms with Crippen LogP contribution in [0.4, 0.5) is 22.0 Å². The third-order valence-corrected chi connectivity index (χ3v) is 3.87. The van der Waals surface area contributed by atoms with E-state index in [1.807, 2.05) is 0 Å². The number of rotatable bonds is 8. The number of aryl methyl sites for hydroxylation is 1. The number of halogens is 5. The third kappa shape index (κ3) is 4.42. The van der Waals surface area contributed by atoms with Crippen LogP contribution < -0.4 is 4.74 Å². The smallest absolute Gasteiger partial charge is 0.201 e. The van der Waals surface area contributed by atoms with Gasteiger partial charge in [0.2, 0.25) is 5.82 Å². The number of allylic oxidation sites excluding steroid dienone is 2. The lowest BCUT2D eigenvalue weighted by Crippen LogP contribution is -2.01. The third-order valence-electron chi connectivity index (χ3n) is 3.87. The molecule has 0 bridgehead atoms. The molecule has 0 N–H and O–H groups in total. The standard InChI is InChI=1S/C20H19F5O/c1-2-26-16-11-10-15(19(24)20(16)25)14-9-8-13(17(22)18(14)23)7-5-3-4-6-12-21/h4,6,8-11H,2-3,5,7,12H2,1H3/b6-4+. The van der Waals surface area contributed by atoms with Crippen molar-refractivity contribution in [3.8, 4) is 16.9 Å². The van der Waals surface area contributed by atoms with Gasteiger partial charge in [-0.15, -0.1) is 0 Å². The highest BCUT2D eigenvalue weighted by atomic mass is 19.2. The Labute approximate surface area is 149 Å². The summed E-state index contributed by atoms with van der Waals surface area (Å²) in [4.78, 5) is 0. The summed E-state index contributed by atoms with van der Waals surface area (Å²) in [6, 6.07) is 4.91. The molecular weight excluding hydrogens is 351 g/mol. The second kappa shape index (κ2) is 9.36. The van der Waals surface area contributed by atoms with Gasteiger partial charge >= 0.3 is 0 Å². The lowest BCUT2D eigenvalue weighted by atomic mass is 9.99. The molecule has 2 aromatic rings. The van der Waals surface area contributed by atoms with Crippen LogP contribution in [0.2, 0.25) is 0 Å². The average Bonchev–Trinajstić information content (AvgIpc) is 2.63. The maximum Gasteiger partial charge on any atom is 0.201 e. The molecular formula is C20H19F5O. The van der Waals surface area contributed by atoms with E-state index in [0.29, 0.717) is 12.8 Å². The predicted octanol–water partition coefficient (Wildman–Crippen LogP) is 6.16. The summed E-state index contributed by atoms with van der Waals surface area (Å²) in [5, 5.41) is 0. The monoisotopic (exact) mass is 370 g/mol. The van der Waals surface area contributed by atoms with Gasteiger partial charge in [-0.25, -0.2) is 17.6 Å². The van der Waals surface area contributed by atoms with Gasteiger partial charge in [-0.3, -0.25) is 0 Å². The molecule has 0 aliphatic carbocycles. The molecule has 0 heterocycles. The van der Waals surface area contributed by atoms with Gasteiger partial charge in [-0.2, -0.15) is 4.39 Å². The van der Waals surface area contributed by atoms with Gasteiger partial charge in [-0.1, -0.05) is 24.3 Å². The summed E-state index contributed by atoms with van der Waals surface area (Å²) < 4.78 is 73.7. The number of unbranched alkanes of at least 4 members (excludes halogenated alkanes) is 1. The molecule has 1 nitrogen and oxygen atoms in total. The zero-order chi connectivity index (χ0) is 19.1. The number of hydrogen-bond donors (Lipinski definition) is 0. The maximum absolute atomic E-state index is 14.4.